The maximum atomic E-state index is 12.3. The summed E-state index contributed by atoms with van der Waals surface area (Å²) in [4.78, 5) is 35.8. The number of rotatable bonds is 6. The van der Waals surface area contributed by atoms with Crippen molar-refractivity contribution in [2.24, 2.45) is 0 Å². The highest BCUT2D eigenvalue weighted by molar-refractivity contribution is 5.97. The van der Waals surface area contributed by atoms with Crippen molar-refractivity contribution >= 4 is 17.9 Å². The molecule has 7 heteroatoms. The Morgan fingerprint density at radius 1 is 1.00 bits per heavy atom. The Labute approximate surface area is 151 Å². The number of esters is 1. The molecule has 7 nitrogen and oxygen atoms in total. The first-order valence-corrected chi connectivity index (χ1v) is 7.96. The van der Waals surface area contributed by atoms with E-state index in [2.05, 4.69) is 10.6 Å². The fourth-order valence-corrected chi connectivity index (χ4v) is 2.16. The molecular formula is C19H20N2O5. The molecule has 0 heterocycles. The third-order valence-corrected chi connectivity index (χ3v) is 3.49. The zero-order valence-electron chi connectivity index (χ0n) is 14.5. The van der Waals surface area contributed by atoms with Gasteiger partial charge >= 0.3 is 12.0 Å². The van der Waals surface area contributed by atoms with Crippen LogP contribution in [-0.2, 0) is 14.3 Å². The number of imide groups is 1. The Morgan fingerprint density at radius 2 is 1.65 bits per heavy atom. The molecule has 0 bridgehead atoms. The molecule has 0 aliphatic carbocycles. The molecule has 0 aromatic heterocycles. The van der Waals surface area contributed by atoms with Crippen molar-refractivity contribution in [2.75, 3.05) is 13.7 Å². The fraction of sp³-hybridized carbons (Fsp3) is 0.211. The van der Waals surface area contributed by atoms with Crippen molar-refractivity contribution in [1.29, 1.82) is 0 Å². The molecule has 2 N–H and O–H groups in total. The third-order valence-electron chi connectivity index (χ3n) is 3.49. The van der Waals surface area contributed by atoms with Gasteiger partial charge in [0.25, 0.3) is 5.91 Å². The molecule has 3 amide bonds. The van der Waals surface area contributed by atoms with E-state index < -0.39 is 24.0 Å². The molecule has 0 spiro atoms. The molecule has 26 heavy (non-hydrogen) atoms. The van der Waals surface area contributed by atoms with Crippen LogP contribution in [0.2, 0.25) is 0 Å². The number of nitrogens with one attached hydrogen (secondary N) is 2. The molecule has 1 atom stereocenters. The number of hydrogen-bond acceptors (Lipinski definition) is 5. The number of hydrogen-bond donors (Lipinski definition) is 2. The Morgan fingerprint density at radius 3 is 2.31 bits per heavy atom. The van der Waals surface area contributed by atoms with E-state index in [0.717, 1.165) is 5.56 Å². The van der Waals surface area contributed by atoms with Crippen LogP contribution < -0.4 is 15.4 Å². The van der Waals surface area contributed by atoms with Gasteiger partial charge in [-0.2, -0.15) is 0 Å². The van der Waals surface area contributed by atoms with Gasteiger partial charge < -0.3 is 14.8 Å². The highest BCUT2D eigenvalue weighted by atomic mass is 16.6. The second-order valence-corrected chi connectivity index (χ2v) is 5.40. The number of carbonyl (C=O) groups is 3. The van der Waals surface area contributed by atoms with Crippen LogP contribution in [0.3, 0.4) is 0 Å². The molecule has 0 aliphatic heterocycles. The highest BCUT2D eigenvalue weighted by Crippen LogP contribution is 2.19. The quantitative estimate of drug-likeness (QED) is 0.773. The van der Waals surface area contributed by atoms with E-state index in [1.807, 2.05) is 19.1 Å². The van der Waals surface area contributed by atoms with Gasteiger partial charge in [-0.15, -0.1) is 0 Å². The van der Waals surface area contributed by atoms with Crippen LogP contribution in [0.5, 0.6) is 5.75 Å². The van der Waals surface area contributed by atoms with E-state index in [1.165, 1.54) is 7.05 Å². The maximum Gasteiger partial charge on any atom is 0.345 e. The Bertz CT molecular complexity index is 777. The first-order valence-electron chi connectivity index (χ1n) is 7.96. The summed E-state index contributed by atoms with van der Waals surface area (Å²) in [5.41, 5.74) is 1.32. The molecule has 2 aromatic carbocycles. The lowest BCUT2D eigenvalue weighted by Gasteiger charge is -2.18. The van der Waals surface area contributed by atoms with Crippen molar-refractivity contribution < 1.29 is 23.9 Å². The second-order valence-electron chi connectivity index (χ2n) is 5.40. The number of amides is 3. The monoisotopic (exact) mass is 356 g/mol. The lowest BCUT2D eigenvalue weighted by molar-refractivity contribution is -0.158. The average molecular weight is 356 g/mol. The normalized spacial score (nSPS) is 11.2. The highest BCUT2D eigenvalue weighted by Gasteiger charge is 2.26. The first-order chi connectivity index (χ1) is 12.5. The van der Waals surface area contributed by atoms with Gasteiger partial charge in [-0.1, -0.05) is 48.5 Å². The number of benzene rings is 2. The van der Waals surface area contributed by atoms with Crippen molar-refractivity contribution in [3.05, 3.63) is 65.7 Å². The first kappa shape index (κ1) is 19.0. The Hall–Kier alpha value is -3.35. The van der Waals surface area contributed by atoms with Crippen LogP contribution in [0, 0.1) is 6.92 Å². The van der Waals surface area contributed by atoms with Gasteiger partial charge in [0.05, 0.1) is 0 Å². The van der Waals surface area contributed by atoms with Crippen molar-refractivity contribution in [3.63, 3.8) is 0 Å². The topological polar surface area (TPSA) is 93.7 Å². The van der Waals surface area contributed by atoms with Gasteiger partial charge in [0.1, 0.15) is 5.75 Å². The smallest absolute Gasteiger partial charge is 0.345 e. The average Bonchev–Trinajstić information content (AvgIpc) is 2.66. The van der Waals surface area contributed by atoms with Gasteiger partial charge in [0.2, 0.25) is 6.10 Å². The Kier molecular flexibility index (Phi) is 6.73. The number of ether oxygens (including phenoxy) is 2. The van der Waals surface area contributed by atoms with Gasteiger partial charge in [-0.3, -0.25) is 10.1 Å². The molecule has 2 aromatic rings. The maximum absolute atomic E-state index is 12.3. The van der Waals surface area contributed by atoms with E-state index in [0.29, 0.717) is 11.3 Å². The summed E-state index contributed by atoms with van der Waals surface area (Å²) in [7, 11) is 1.38. The largest absolute Gasteiger partial charge is 0.482 e. The van der Waals surface area contributed by atoms with Gasteiger partial charge in [-0.05, 0) is 18.6 Å². The lowest BCUT2D eigenvalue weighted by Crippen LogP contribution is -2.41. The van der Waals surface area contributed by atoms with Gasteiger partial charge in [0, 0.05) is 12.6 Å². The lowest BCUT2D eigenvalue weighted by atomic mass is 10.1. The van der Waals surface area contributed by atoms with Crippen LogP contribution in [0.15, 0.2) is 54.6 Å². The van der Waals surface area contributed by atoms with Gasteiger partial charge in [-0.25, -0.2) is 9.59 Å². The van der Waals surface area contributed by atoms with E-state index in [1.54, 1.807) is 42.5 Å². The minimum Gasteiger partial charge on any atom is -0.482 e. The summed E-state index contributed by atoms with van der Waals surface area (Å²) in [5.74, 6) is -0.926. The summed E-state index contributed by atoms with van der Waals surface area (Å²) in [6.45, 7) is 1.49. The van der Waals surface area contributed by atoms with Crippen LogP contribution in [-0.4, -0.2) is 31.6 Å². The predicted molar refractivity (Wildman–Crippen MR) is 94.5 cm³/mol. The molecule has 0 saturated heterocycles. The summed E-state index contributed by atoms with van der Waals surface area (Å²) < 4.78 is 10.7. The van der Waals surface area contributed by atoms with Crippen molar-refractivity contribution in [2.45, 2.75) is 13.0 Å². The Balaban J connectivity index is 2.06. The summed E-state index contributed by atoms with van der Waals surface area (Å²) >= 11 is 0. The predicted octanol–water partition coefficient (Wildman–Crippen LogP) is 2.11. The second kappa shape index (κ2) is 9.22. The number of carbonyl (C=O) groups excluding carboxylic acids is 3. The molecule has 0 saturated carbocycles. The van der Waals surface area contributed by atoms with Crippen molar-refractivity contribution in [1.82, 2.24) is 10.6 Å². The number of aryl methyl sites for hydroxylation is 1. The molecule has 0 aliphatic rings. The minimum absolute atomic E-state index is 0.360. The van der Waals surface area contributed by atoms with E-state index >= 15 is 0 Å². The number of urea groups is 1. The van der Waals surface area contributed by atoms with E-state index in [4.69, 9.17) is 9.47 Å². The molecule has 2 rings (SSSR count). The summed E-state index contributed by atoms with van der Waals surface area (Å²) in [5, 5.41) is 4.38. The van der Waals surface area contributed by atoms with Crippen LogP contribution in [0.1, 0.15) is 17.2 Å². The standard InChI is InChI=1S/C19H20N2O5/c1-13-8-6-7-11-15(13)25-12-16(22)26-17(14-9-4-3-5-10-14)18(23)21-19(24)20-2/h3-11,17H,12H2,1-2H3,(H2,20,21,23,24)/t17-/m1/s1. The molecule has 0 unspecified atom stereocenters. The molecule has 0 radical (unpaired) electrons. The summed E-state index contributed by atoms with van der Waals surface area (Å²) in [6.07, 6.45) is -1.26. The van der Waals surface area contributed by atoms with Crippen LogP contribution in [0.4, 0.5) is 4.79 Å². The SMILES string of the molecule is CNC(=O)NC(=O)[C@H](OC(=O)COc1ccccc1C)c1ccccc1. The molecule has 136 valence electrons. The minimum atomic E-state index is -1.26. The summed E-state index contributed by atoms with van der Waals surface area (Å²) in [6, 6.07) is 15.0. The zero-order chi connectivity index (χ0) is 18.9. The van der Waals surface area contributed by atoms with E-state index in [9.17, 15) is 14.4 Å². The molecule has 0 fully saturated rings. The van der Waals surface area contributed by atoms with Gasteiger partial charge in [0.15, 0.2) is 6.61 Å². The third kappa shape index (κ3) is 5.34. The molecular weight excluding hydrogens is 336 g/mol. The fourth-order valence-electron chi connectivity index (χ4n) is 2.16. The van der Waals surface area contributed by atoms with Crippen molar-refractivity contribution in [3.8, 4) is 5.75 Å². The number of para-hydroxylation sites is 1. The zero-order valence-corrected chi connectivity index (χ0v) is 14.5. The van der Waals surface area contributed by atoms with Crippen LogP contribution in [0.25, 0.3) is 0 Å². The van der Waals surface area contributed by atoms with E-state index in [-0.39, 0.29) is 6.61 Å². The van der Waals surface area contributed by atoms with Crippen LogP contribution >= 0.6 is 0 Å².